The summed E-state index contributed by atoms with van der Waals surface area (Å²) in [7, 11) is 0. The number of rotatable bonds is 4. The van der Waals surface area contributed by atoms with E-state index >= 15 is 0 Å². The van der Waals surface area contributed by atoms with E-state index in [2.05, 4.69) is 5.32 Å². The lowest BCUT2D eigenvalue weighted by atomic mass is 10.3. The first-order valence-electron chi connectivity index (χ1n) is 5.68. The summed E-state index contributed by atoms with van der Waals surface area (Å²) in [5, 5.41) is 3.86. The lowest BCUT2D eigenvalue weighted by molar-refractivity contribution is -0.118. The van der Waals surface area contributed by atoms with E-state index in [1.807, 2.05) is 0 Å². The van der Waals surface area contributed by atoms with Crippen molar-refractivity contribution in [3.05, 3.63) is 57.5 Å². The summed E-state index contributed by atoms with van der Waals surface area (Å²) >= 11 is 17.6. The zero-order valence-electron chi connectivity index (χ0n) is 10.2. The number of nitrogens with one attached hydrogen (secondary N) is 1. The van der Waals surface area contributed by atoms with Gasteiger partial charge in [-0.2, -0.15) is 0 Å². The number of hydrogen-bond acceptors (Lipinski definition) is 2. The molecule has 0 unspecified atom stereocenters. The monoisotopic (exact) mass is 329 g/mol. The van der Waals surface area contributed by atoms with Gasteiger partial charge in [0.05, 0.1) is 5.02 Å². The maximum absolute atomic E-state index is 11.7. The highest BCUT2D eigenvalue weighted by atomic mass is 35.5. The van der Waals surface area contributed by atoms with Crippen molar-refractivity contribution in [2.24, 2.45) is 0 Å². The molecule has 0 aliphatic carbocycles. The molecular formula is C14H10Cl3NO2. The zero-order valence-corrected chi connectivity index (χ0v) is 12.5. The summed E-state index contributed by atoms with van der Waals surface area (Å²) in [5.74, 6) is 0.0451. The van der Waals surface area contributed by atoms with Gasteiger partial charge in [-0.3, -0.25) is 4.79 Å². The maximum atomic E-state index is 11.7. The summed E-state index contributed by atoms with van der Waals surface area (Å²) in [4.78, 5) is 11.7. The van der Waals surface area contributed by atoms with Crippen LogP contribution in [0.4, 0.5) is 5.69 Å². The third-order valence-corrected chi connectivity index (χ3v) is 3.42. The van der Waals surface area contributed by atoms with Crippen LogP contribution in [0.2, 0.25) is 15.1 Å². The number of carbonyl (C=O) groups is 1. The zero-order chi connectivity index (χ0) is 14.5. The Hall–Kier alpha value is -1.42. The van der Waals surface area contributed by atoms with E-state index in [1.165, 1.54) is 0 Å². The first-order chi connectivity index (χ1) is 9.56. The number of ether oxygens (including phenoxy) is 1. The minimum atomic E-state index is -0.316. The van der Waals surface area contributed by atoms with Gasteiger partial charge in [0.1, 0.15) is 10.8 Å². The van der Waals surface area contributed by atoms with E-state index in [0.717, 1.165) is 0 Å². The van der Waals surface area contributed by atoms with Crippen LogP contribution in [-0.2, 0) is 4.79 Å². The Morgan fingerprint density at radius 2 is 1.85 bits per heavy atom. The van der Waals surface area contributed by atoms with Crippen molar-refractivity contribution in [2.75, 3.05) is 11.9 Å². The molecule has 1 N–H and O–H groups in total. The van der Waals surface area contributed by atoms with Gasteiger partial charge in [-0.1, -0.05) is 46.9 Å². The maximum Gasteiger partial charge on any atom is 0.262 e. The van der Waals surface area contributed by atoms with Gasteiger partial charge in [0.2, 0.25) is 0 Å². The molecule has 0 spiro atoms. The predicted octanol–water partition coefficient (Wildman–Crippen LogP) is 4.66. The van der Waals surface area contributed by atoms with Crippen molar-refractivity contribution in [2.45, 2.75) is 0 Å². The van der Waals surface area contributed by atoms with Crippen LogP contribution in [0.1, 0.15) is 0 Å². The Balaban J connectivity index is 1.94. The molecule has 0 saturated heterocycles. The minimum Gasteiger partial charge on any atom is -0.482 e. The molecule has 2 rings (SSSR count). The van der Waals surface area contributed by atoms with Gasteiger partial charge in [-0.25, -0.2) is 0 Å². The molecule has 0 heterocycles. The quantitative estimate of drug-likeness (QED) is 0.885. The molecule has 0 aliphatic rings. The van der Waals surface area contributed by atoms with Gasteiger partial charge in [0.15, 0.2) is 6.61 Å². The van der Waals surface area contributed by atoms with Crippen LogP contribution in [0.15, 0.2) is 42.5 Å². The standard InChI is InChI=1S/C14H10Cl3NO2/c15-9-3-1-4-10(7-9)18-13(19)8-20-12-6-2-5-11(16)14(12)17/h1-7H,8H2,(H,18,19). The summed E-state index contributed by atoms with van der Waals surface area (Å²) in [6.45, 7) is -0.174. The highest BCUT2D eigenvalue weighted by Gasteiger charge is 2.08. The van der Waals surface area contributed by atoms with Gasteiger partial charge in [0.25, 0.3) is 5.91 Å². The third kappa shape index (κ3) is 4.04. The fraction of sp³-hybridized carbons (Fsp3) is 0.0714. The second-order valence-electron chi connectivity index (χ2n) is 3.90. The first-order valence-corrected chi connectivity index (χ1v) is 6.82. The van der Waals surface area contributed by atoms with Crippen LogP contribution < -0.4 is 10.1 Å². The van der Waals surface area contributed by atoms with E-state index in [4.69, 9.17) is 39.5 Å². The van der Waals surface area contributed by atoms with Crippen molar-refractivity contribution in [3.8, 4) is 5.75 Å². The molecule has 2 aromatic rings. The van der Waals surface area contributed by atoms with Gasteiger partial charge in [-0.15, -0.1) is 0 Å². The average Bonchev–Trinajstić information content (AvgIpc) is 2.40. The lowest BCUT2D eigenvalue weighted by Crippen LogP contribution is -2.20. The molecule has 0 atom stereocenters. The van der Waals surface area contributed by atoms with Crippen LogP contribution in [0.3, 0.4) is 0 Å². The van der Waals surface area contributed by atoms with E-state index in [1.54, 1.807) is 42.5 Å². The number of halogens is 3. The smallest absolute Gasteiger partial charge is 0.262 e. The Labute approximate surface area is 131 Å². The molecule has 20 heavy (non-hydrogen) atoms. The molecule has 0 saturated carbocycles. The fourth-order valence-electron chi connectivity index (χ4n) is 1.50. The summed E-state index contributed by atoms with van der Waals surface area (Å²) in [5.41, 5.74) is 0.600. The van der Waals surface area contributed by atoms with Crippen molar-refractivity contribution < 1.29 is 9.53 Å². The Morgan fingerprint density at radius 3 is 2.60 bits per heavy atom. The molecule has 104 valence electrons. The van der Waals surface area contributed by atoms with Crippen LogP contribution in [0.5, 0.6) is 5.75 Å². The van der Waals surface area contributed by atoms with Crippen molar-refractivity contribution in [1.29, 1.82) is 0 Å². The van der Waals surface area contributed by atoms with E-state index < -0.39 is 0 Å². The minimum absolute atomic E-state index is 0.174. The third-order valence-electron chi connectivity index (χ3n) is 2.38. The van der Waals surface area contributed by atoms with E-state index in [9.17, 15) is 4.79 Å². The van der Waals surface area contributed by atoms with Crippen molar-refractivity contribution in [3.63, 3.8) is 0 Å². The largest absolute Gasteiger partial charge is 0.482 e. The fourth-order valence-corrected chi connectivity index (χ4v) is 2.04. The number of anilines is 1. The number of hydrogen-bond donors (Lipinski definition) is 1. The van der Waals surface area contributed by atoms with Crippen LogP contribution in [0.25, 0.3) is 0 Å². The Morgan fingerprint density at radius 1 is 1.10 bits per heavy atom. The molecule has 0 aliphatic heterocycles. The number of carbonyl (C=O) groups excluding carboxylic acids is 1. The average molecular weight is 331 g/mol. The van der Waals surface area contributed by atoms with Crippen molar-refractivity contribution >= 4 is 46.4 Å². The molecule has 0 radical (unpaired) electrons. The van der Waals surface area contributed by atoms with Gasteiger partial charge in [-0.05, 0) is 30.3 Å². The highest BCUT2D eigenvalue weighted by Crippen LogP contribution is 2.31. The second kappa shape index (κ2) is 6.84. The van der Waals surface area contributed by atoms with Gasteiger partial charge < -0.3 is 10.1 Å². The van der Waals surface area contributed by atoms with Crippen molar-refractivity contribution in [1.82, 2.24) is 0 Å². The van der Waals surface area contributed by atoms with E-state index in [0.29, 0.717) is 21.5 Å². The van der Waals surface area contributed by atoms with E-state index in [-0.39, 0.29) is 17.5 Å². The van der Waals surface area contributed by atoms with Gasteiger partial charge >= 0.3 is 0 Å². The Kier molecular flexibility index (Phi) is 5.12. The second-order valence-corrected chi connectivity index (χ2v) is 5.12. The molecule has 0 aromatic heterocycles. The molecule has 1 amide bonds. The normalized spacial score (nSPS) is 10.2. The molecule has 0 fully saturated rings. The predicted molar refractivity (Wildman–Crippen MR) is 82.0 cm³/mol. The summed E-state index contributed by atoms with van der Waals surface area (Å²) in [6, 6.07) is 11.8. The number of amides is 1. The molecule has 2 aromatic carbocycles. The van der Waals surface area contributed by atoms with Crippen LogP contribution in [-0.4, -0.2) is 12.5 Å². The molecular weight excluding hydrogens is 321 g/mol. The topological polar surface area (TPSA) is 38.3 Å². The lowest BCUT2D eigenvalue weighted by Gasteiger charge is -2.09. The van der Waals surface area contributed by atoms with Crippen LogP contribution in [0, 0.1) is 0 Å². The summed E-state index contributed by atoms with van der Waals surface area (Å²) in [6.07, 6.45) is 0. The van der Waals surface area contributed by atoms with Gasteiger partial charge in [0, 0.05) is 10.7 Å². The SMILES string of the molecule is O=C(COc1cccc(Cl)c1Cl)Nc1cccc(Cl)c1. The molecule has 6 heteroatoms. The Bertz CT molecular complexity index is 632. The number of benzene rings is 2. The summed E-state index contributed by atoms with van der Waals surface area (Å²) < 4.78 is 5.32. The molecule has 3 nitrogen and oxygen atoms in total. The first kappa shape index (κ1) is 15.0. The van der Waals surface area contributed by atoms with Crippen LogP contribution >= 0.6 is 34.8 Å². The highest BCUT2D eigenvalue weighted by molar-refractivity contribution is 6.42. The molecule has 0 bridgehead atoms.